The first-order valence-electron chi connectivity index (χ1n) is 5.77. The first-order chi connectivity index (χ1) is 8.70. The van der Waals surface area contributed by atoms with Crippen molar-refractivity contribution in [1.82, 2.24) is 10.3 Å². The van der Waals surface area contributed by atoms with Crippen molar-refractivity contribution in [2.45, 2.75) is 19.4 Å². The van der Waals surface area contributed by atoms with Crippen LogP contribution in [0.1, 0.15) is 23.4 Å². The summed E-state index contributed by atoms with van der Waals surface area (Å²) in [4.78, 5) is 5.02. The zero-order chi connectivity index (χ0) is 13.0. The number of likely N-dealkylation sites (N-methyl/N-ethyl adjacent to an activating group) is 1. The van der Waals surface area contributed by atoms with Gasteiger partial charge in [0.25, 0.3) is 0 Å². The summed E-state index contributed by atoms with van der Waals surface area (Å²) in [5.41, 5.74) is 0.677. The topological polar surface area (TPSA) is 24.9 Å². The maximum atomic E-state index is 13.8. The molecule has 0 radical (unpaired) electrons. The van der Waals surface area contributed by atoms with Crippen LogP contribution in [0.5, 0.6) is 0 Å². The molecule has 2 rings (SSSR count). The number of halogens is 2. The van der Waals surface area contributed by atoms with Gasteiger partial charge < -0.3 is 5.32 Å². The van der Waals surface area contributed by atoms with Crippen LogP contribution in [0.25, 0.3) is 0 Å². The molecule has 2 aromatic heterocycles. The smallest absolute Gasteiger partial charge is 0.146 e. The second-order valence-corrected chi connectivity index (χ2v) is 6.46. The van der Waals surface area contributed by atoms with Crippen LogP contribution in [-0.2, 0) is 6.42 Å². The molecule has 1 atom stereocenters. The van der Waals surface area contributed by atoms with Gasteiger partial charge in [0, 0.05) is 29.1 Å². The summed E-state index contributed by atoms with van der Waals surface area (Å²) in [6.45, 7) is 2.83. The summed E-state index contributed by atoms with van der Waals surface area (Å²) >= 11 is 5.13. The lowest BCUT2D eigenvalue weighted by Crippen LogP contribution is -2.23. The zero-order valence-electron chi connectivity index (χ0n) is 9.99. The van der Waals surface area contributed by atoms with Crippen molar-refractivity contribution in [3.05, 3.63) is 50.6 Å². The first-order valence-corrected chi connectivity index (χ1v) is 7.38. The quantitative estimate of drug-likeness (QED) is 0.899. The van der Waals surface area contributed by atoms with E-state index >= 15 is 0 Å². The molecule has 0 aliphatic heterocycles. The summed E-state index contributed by atoms with van der Waals surface area (Å²) in [6, 6.07) is 5.82. The Labute approximate surface area is 118 Å². The van der Waals surface area contributed by atoms with Crippen molar-refractivity contribution in [2.75, 3.05) is 6.54 Å². The molecule has 96 valence electrons. The van der Waals surface area contributed by atoms with Gasteiger partial charge in [0.15, 0.2) is 0 Å². The normalized spacial score (nSPS) is 12.6. The van der Waals surface area contributed by atoms with E-state index in [0.717, 1.165) is 16.8 Å². The van der Waals surface area contributed by atoms with E-state index < -0.39 is 0 Å². The van der Waals surface area contributed by atoms with Gasteiger partial charge in [0.1, 0.15) is 5.82 Å². The third kappa shape index (κ3) is 3.37. The number of hydrogen-bond donors (Lipinski definition) is 1. The average molecular weight is 329 g/mol. The highest BCUT2D eigenvalue weighted by Gasteiger charge is 2.16. The van der Waals surface area contributed by atoms with Crippen LogP contribution >= 0.6 is 27.3 Å². The molecule has 5 heteroatoms. The van der Waals surface area contributed by atoms with Crippen molar-refractivity contribution in [3.8, 4) is 0 Å². The largest absolute Gasteiger partial charge is 0.310 e. The molecule has 2 heterocycles. The molecule has 2 nitrogen and oxygen atoms in total. The van der Waals surface area contributed by atoms with Gasteiger partial charge in [-0.05, 0) is 40.7 Å². The standard InChI is InChI=1S/C13H14BrFN2S/c1-2-17-12(7-9-3-4-13(14)18-9)10-5-6-16-8-11(10)15/h3-6,8,12,17H,2,7H2,1H3. The fourth-order valence-electron chi connectivity index (χ4n) is 1.87. The molecule has 0 saturated carbocycles. The Kier molecular flexibility index (Phi) is 4.86. The Morgan fingerprint density at radius 3 is 2.89 bits per heavy atom. The van der Waals surface area contributed by atoms with E-state index in [2.05, 4.69) is 32.3 Å². The van der Waals surface area contributed by atoms with E-state index in [1.807, 2.05) is 13.0 Å². The lowest BCUT2D eigenvalue weighted by molar-refractivity contribution is 0.509. The minimum Gasteiger partial charge on any atom is -0.310 e. The van der Waals surface area contributed by atoms with E-state index in [1.54, 1.807) is 23.6 Å². The Morgan fingerprint density at radius 2 is 2.28 bits per heavy atom. The first kappa shape index (κ1) is 13.6. The second-order valence-electron chi connectivity index (χ2n) is 3.92. The molecule has 0 amide bonds. The van der Waals surface area contributed by atoms with Crippen molar-refractivity contribution in [1.29, 1.82) is 0 Å². The molecule has 0 saturated heterocycles. The summed E-state index contributed by atoms with van der Waals surface area (Å²) in [5.74, 6) is -0.251. The summed E-state index contributed by atoms with van der Waals surface area (Å²) in [6.07, 6.45) is 3.68. The van der Waals surface area contributed by atoms with E-state index in [0.29, 0.717) is 5.56 Å². The van der Waals surface area contributed by atoms with E-state index in [-0.39, 0.29) is 11.9 Å². The average Bonchev–Trinajstić information content (AvgIpc) is 2.75. The minimum atomic E-state index is -0.251. The summed E-state index contributed by atoms with van der Waals surface area (Å²) < 4.78 is 14.9. The van der Waals surface area contributed by atoms with Crippen molar-refractivity contribution >= 4 is 27.3 Å². The van der Waals surface area contributed by atoms with Gasteiger partial charge in [-0.15, -0.1) is 11.3 Å². The molecule has 1 unspecified atom stereocenters. The molecule has 0 aromatic carbocycles. The number of pyridine rings is 1. The molecule has 18 heavy (non-hydrogen) atoms. The zero-order valence-corrected chi connectivity index (χ0v) is 12.4. The van der Waals surface area contributed by atoms with E-state index in [1.165, 1.54) is 11.1 Å². The second kappa shape index (κ2) is 6.41. The van der Waals surface area contributed by atoms with Crippen LogP contribution < -0.4 is 5.32 Å². The third-order valence-corrected chi connectivity index (χ3v) is 4.31. The van der Waals surface area contributed by atoms with Crippen LogP contribution in [0.4, 0.5) is 4.39 Å². The van der Waals surface area contributed by atoms with Crippen LogP contribution in [0, 0.1) is 5.82 Å². The monoisotopic (exact) mass is 328 g/mol. The highest BCUT2D eigenvalue weighted by Crippen LogP contribution is 2.27. The number of aromatic nitrogens is 1. The molecule has 2 aromatic rings. The number of hydrogen-bond acceptors (Lipinski definition) is 3. The molecule has 0 bridgehead atoms. The minimum absolute atomic E-state index is 0.0106. The van der Waals surface area contributed by atoms with Crippen molar-refractivity contribution < 1.29 is 4.39 Å². The Bertz CT molecular complexity index is 515. The maximum Gasteiger partial charge on any atom is 0.146 e. The highest BCUT2D eigenvalue weighted by molar-refractivity contribution is 9.11. The molecule has 0 fully saturated rings. The summed E-state index contributed by atoms with van der Waals surface area (Å²) in [5, 5.41) is 3.32. The van der Waals surface area contributed by atoms with Gasteiger partial charge in [-0.3, -0.25) is 4.98 Å². The predicted octanol–water partition coefficient (Wildman–Crippen LogP) is 3.94. The lowest BCUT2D eigenvalue weighted by Gasteiger charge is -2.17. The Balaban J connectivity index is 2.20. The van der Waals surface area contributed by atoms with Crippen LogP contribution in [0.3, 0.4) is 0 Å². The van der Waals surface area contributed by atoms with Gasteiger partial charge in [0.2, 0.25) is 0 Å². The highest BCUT2D eigenvalue weighted by atomic mass is 79.9. The van der Waals surface area contributed by atoms with E-state index in [9.17, 15) is 4.39 Å². The maximum absolute atomic E-state index is 13.8. The van der Waals surface area contributed by atoms with Gasteiger partial charge in [-0.1, -0.05) is 6.92 Å². The van der Waals surface area contributed by atoms with Crippen molar-refractivity contribution in [3.63, 3.8) is 0 Å². The van der Waals surface area contributed by atoms with Gasteiger partial charge in [-0.2, -0.15) is 0 Å². The Hall–Kier alpha value is -0.780. The lowest BCUT2D eigenvalue weighted by atomic mass is 10.0. The molecule has 0 spiro atoms. The molecular formula is C13H14BrFN2S. The fraction of sp³-hybridized carbons (Fsp3) is 0.308. The Morgan fingerprint density at radius 1 is 1.44 bits per heavy atom. The number of rotatable bonds is 5. The number of nitrogens with zero attached hydrogens (tertiary/aromatic N) is 1. The van der Waals surface area contributed by atoms with Crippen LogP contribution in [0.15, 0.2) is 34.4 Å². The number of nitrogens with one attached hydrogen (secondary N) is 1. The predicted molar refractivity (Wildman–Crippen MR) is 76.3 cm³/mol. The van der Waals surface area contributed by atoms with Gasteiger partial charge in [-0.25, -0.2) is 4.39 Å². The SMILES string of the molecule is CCNC(Cc1ccc(Br)s1)c1ccncc1F. The molecule has 0 aliphatic carbocycles. The van der Waals surface area contributed by atoms with Crippen LogP contribution in [0.2, 0.25) is 0 Å². The third-order valence-electron chi connectivity index (χ3n) is 2.66. The van der Waals surface area contributed by atoms with E-state index in [4.69, 9.17) is 0 Å². The van der Waals surface area contributed by atoms with Gasteiger partial charge in [0.05, 0.1) is 9.98 Å². The van der Waals surface area contributed by atoms with Crippen LogP contribution in [-0.4, -0.2) is 11.5 Å². The van der Waals surface area contributed by atoms with Gasteiger partial charge >= 0.3 is 0 Å². The molecule has 1 N–H and O–H groups in total. The fourth-order valence-corrected chi connectivity index (χ4v) is 3.40. The van der Waals surface area contributed by atoms with Crippen molar-refractivity contribution in [2.24, 2.45) is 0 Å². The summed E-state index contributed by atoms with van der Waals surface area (Å²) in [7, 11) is 0. The molecular weight excluding hydrogens is 315 g/mol. The molecule has 0 aliphatic rings. The number of thiophene rings is 1.